The minimum absolute atomic E-state index is 0.224. The lowest BCUT2D eigenvalue weighted by molar-refractivity contribution is 0.102. The number of halogens is 3. The SMILES string of the molecule is O=C(Nc1ccc(SC(F)F)cc1)c1cccc(I)c1. The smallest absolute Gasteiger partial charge is 0.288 e. The van der Waals surface area contributed by atoms with Gasteiger partial charge in [0.15, 0.2) is 0 Å². The summed E-state index contributed by atoms with van der Waals surface area (Å²) in [6.45, 7) is 0. The first-order valence-electron chi connectivity index (χ1n) is 5.66. The van der Waals surface area contributed by atoms with Gasteiger partial charge in [0, 0.05) is 19.7 Å². The Labute approximate surface area is 133 Å². The van der Waals surface area contributed by atoms with Crippen LogP contribution in [0.4, 0.5) is 14.5 Å². The van der Waals surface area contributed by atoms with Crippen LogP contribution in [0.2, 0.25) is 0 Å². The fraction of sp³-hybridized carbons (Fsp3) is 0.0714. The van der Waals surface area contributed by atoms with E-state index in [0.29, 0.717) is 27.9 Å². The lowest BCUT2D eigenvalue weighted by Gasteiger charge is -2.06. The van der Waals surface area contributed by atoms with E-state index < -0.39 is 5.76 Å². The van der Waals surface area contributed by atoms with Gasteiger partial charge in [-0.05, 0) is 65.1 Å². The number of carbonyl (C=O) groups is 1. The molecular weight excluding hydrogens is 395 g/mol. The number of rotatable bonds is 4. The van der Waals surface area contributed by atoms with E-state index in [1.807, 2.05) is 6.07 Å². The maximum Gasteiger partial charge on any atom is 0.288 e. The highest BCUT2D eigenvalue weighted by Crippen LogP contribution is 2.26. The molecule has 6 heteroatoms. The minimum atomic E-state index is -2.44. The van der Waals surface area contributed by atoms with Crippen LogP contribution in [0.3, 0.4) is 0 Å². The maximum atomic E-state index is 12.2. The van der Waals surface area contributed by atoms with E-state index in [4.69, 9.17) is 0 Å². The molecule has 1 N–H and O–H groups in total. The van der Waals surface area contributed by atoms with E-state index in [1.54, 1.807) is 42.5 Å². The Balaban J connectivity index is 2.04. The Morgan fingerprint density at radius 3 is 2.45 bits per heavy atom. The quantitative estimate of drug-likeness (QED) is 0.582. The standard InChI is InChI=1S/C14H10F2INOS/c15-14(16)20-12-6-4-11(5-7-12)18-13(19)9-2-1-3-10(17)8-9/h1-8,14H,(H,18,19). The van der Waals surface area contributed by atoms with Crippen molar-refractivity contribution in [3.8, 4) is 0 Å². The molecule has 0 aliphatic carbocycles. The number of anilines is 1. The normalized spacial score (nSPS) is 10.6. The van der Waals surface area contributed by atoms with Crippen LogP contribution in [-0.2, 0) is 0 Å². The molecule has 0 unspecified atom stereocenters. The zero-order valence-corrected chi connectivity index (χ0v) is 13.1. The number of hydrogen-bond acceptors (Lipinski definition) is 2. The van der Waals surface area contributed by atoms with Crippen LogP contribution in [0.1, 0.15) is 10.4 Å². The van der Waals surface area contributed by atoms with Gasteiger partial charge in [-0.15, -0.1) is 0 Å². The Morgan fingerprint density at radius 2 is 1.85 bits per heavy atom. The third-order valence-corrected chi connectivity index (χ3v) is 3.82. The van der Waals surface area contributed by atoms with Gasteiger partial charge in [0.2, 0.25) is 0 Å². The molecule has 0 atom stereocenters. The van der Waals surface area contributed by atoms with Gasteiger partial charge in [0.1, 0.15) is 0 Å². The van der Waals surface area contributed by atoms with Crippen molar-refractivity contribution in [2.45, 2.75) is 10.7 Å². The molecule has 0 heterocycles. The molecule has 20 heavy (non-hydrogen) atoms. The summed E-state index contributed by atoms with van der Waals surface area (Å²) in [6.07, 6.45) is 0. The van der Waals surface area contributed by atoms with Crippen molar-refractivity contribution < 1.29 is 13.6 Å². The lowest BCUT2D eigenvalue weighted by Crippen LogP contribution is -2.11. The first-order valence-corrected chi connectivity index (χ1v) is 7.62. The fourth-order valence-electron chi connectivity index (χ4n) is 1.55. The lowest BCUT2D eigenvalue weighted by atomic mass is 10.2. The van der Waals surface area contributed by atoms with Gasteiger partial charge in [-0.1, -0.05) is 17.8 Å². The highest BCUT2D eigenvalue weighted by molar-refractivity contribution is 14.1. The second-order valence-corrected chi connectivity index (χ2v) is 6.18. The van der Waals surface area contributed by atoms with Crippen molar-refractivity contribution in [2.24, 2.45) is 0 Å². The van der Waals surface area contributed by atoms with Crippen molar-refractivity contribution >= 4 is 45.9 Å². The molecule has 1 amide bonds. The van der Waals surface area contributed by atoms with Crippen molar-refractivity contribution in [1.29, 1.82) is 0 Å². The summed E-state index contributed by atoms with van der Waals surface area (Å²) in [5.74, 6) is -2.67. The maximum absolute atomic E-state index is 12.2. The number of nitrogens with one attached hydrogen (secondary N) is 1. The van der Waals surface area contributed by atoms with Crippen molar-refractivity contribution in [1.82, 2.24) is 0 Å². The molecule has 0 aliphatic rings. The van der Waals surface area contributed by atoms with Crippen LogP contribution in [0.5, 0.6) is 0 Å². The van der Waals surface area contributed by atoms with Crippen LogP contribution >= 0.6 is 34.4 Å². The monoisotopic (exact) mass is 405 g/mol. The zero-order valence-electron chi connectivity index (χ0n) is 10.1. The van der Waals surface area contributed by atoms with Crippen LogP contribution in [0.15, 0.2) is 53.4 Å². The number of benzene rings is 2. The summed E-state index contributed by atoms with van der Waals surface area (Å²) in [4.78, 5) is 12.5. The Hall–Kier alpha value is -1.15. The van der Waals surface area contributed by atoms with Crippen LogP contribution in [0.25, 0.3) is 0 Å². The van der Waals surface area contributed by atoms with E-state index in [1.165, 1.54) is 0 Å². The molecule has 0 aromatic heterocycles. The first kappa shape index (κ1) is 15.2. The van der Waals surface area contributed by atoms with E-state index in [-0.39, 0.29) is 5.91 Å². The number of thioether (sulfide) groups is 1. The summed E-state index contributed by atoms with van der Waals surface area (Å²) in [5, 5.41) is 2.73. The predicted octanol–water partition coefficient (Wildman–Crippen LogP) is 4.86. The van der Waals surface area contributed by atoms with E-state index in [0.717, 1.165) is 3.57 Å². The Bertz CT molecular complexity index is 604. The molecule has 0 bridgehead atoms. The summed E-state index contributed by atoms with van der Waals surface area (Å²) in [7, 11) is 0. The number of alkyl halides is 2. The third kappa shape index (κ3) is 4.45. The summed E-state index contributed by atoms with van der Waals surface area (Å²) in [6, 6.07) is 13.5. The highest BCUT2D eigenvalue weighted by atomic mass is 127. The number of hydrogen-bond donors (Lipinski definition) is 1. The van der Waals surface area contributed by atoms with Gasteiger partial charge >= 0.3 is 0 Å². The van der Waals surface area contributed by atoms with Gasteiger partial charge in [-0.2, -0.15) is 8.78 Å². The topological polar surface area (TPSA) is 29.1 Å². The van der Waals surface area contributed by atoms with Gasteiger partial charge < -0.3 is 5.32 Å². The van der Waals surface area contributed by atoms with Crippen molar-refractivity contribution in [3.05, 3.63) is 57.7 Å². The molecule has 0 aliphatic heterocycles. The molecule has 2 rings (SSSR count). The molecule has 0 spiro atoms. The first-order chi connectivity index (χ1) is 9.54. The van der Waals surface area contributed by atoms with Gasteiger partial charge in [-0.3, -0.25) is 4.79 Å². The zero-order chi connectivity index (χ0) is 14.5. The molecule has 2 aromatic carbocycles. The number of amides is 1. The van der Waals surface area contributed by atoms with Gasteiger partial charge in [-0.25, -0.2) is 0 Å². The molecular formula is C14H10F2INOS. The average molecular weight is 405 g/mol. The molecule has 0 radical (unpaired) electrons. The molecule has 2 nitrogen and oxygen atoms in total. The van der Waals surface area contributed by atoms with Gasteiger partial charge in [0.05, 0.1) is 0 Å². The summed E-state index contributed by atoms with van der Waals surface area (Å²) in [5.41, 5.74) is 1.13. The second-order valence-electron chi connectivity index (χ2n) is 3.87. The van der Waals surface area contributed by atoms with E-state index in [2.05, 4.69) is 27.9 Å². The predicted molar refractivity (Wildman–Crippen MR) is 85.4 cm³/mol. The van der Waals surface area contributed by atoms with Crippen molar-refractivity contribution in [3.63, 3.8) is 0 Å². The van der Waals surface area contributed by atoms with Gasteiger partial charge in [0.25, 0.3) is 11.7 Å². The van der Waals surface area contributed by atoms with E-state index >= 15 is 0 Å². The largest absolute Gasteiger partial charge is 0.322 e. The third-order valence-electron chi connectivity index (χ3n) is 2.42. The Kier molecular flexibility index (Phi) is 5.36. The summed E-state index contributed by atoms with van der Waals surface area (Å²) >= 11 is 2.61. The van der Waals surface area contributed by atoms with Crippen LogP contribution in [0, 0.1) is 3.57 Å². The number of carbonyl (C=O) groups excluding carboxylic acids is 1. The Morgan fingerprint density at radius 1 is 1.15 bits per heavy atom. The molecule has 2 aromatic rings. The fourth-order valence-corrected chi connectivity index (χ4v) is 2.59. The summed E-state index contributed by atoms with van der Waals surface area (Å²) < 4.78 is 25.3. The average Bonchev–Trinajstić information content (AvgIpc) is 2.40. The van der Waals surface area contributed by atoms with E-state index in [9.17, 15) is 13.6 Å². The minimum Gasteiger partial charge on any atom is -0.322 e. The molecule has 104 valence electrons. The van der Waals surface area contributed by atoms with Crippen LogP contribution < -0.4 is 5.32 Å². The molecule has 0 saturated carbocycles. The molecule has 0 fully saturated rings. The second kappa shape index (κ2) is 7.03. The highest BCUT2D eigenvalue weighted by Gasteiger charge is 2.08. The van der Waals surface area contributed by atoms with Crippen molar-refractivity contribution in [2.75, 3.05) is 5.32 Å². The molecule has 0 saturated heterocycles. The van der Waals surface area contributed by atoms with Crippen LogP contribution in [-0.4, -0.2) is 11.7 Å².